The molecule has 3 aliphatic heterocycles. The molecule has 224 valence electrons. The van der Waals surface area contributed by atoms with Gasteiger partial charge in [0.1, 0.15) is 23.8 Å². The van der Waals surface area contributed by atoms with Crippen molar-refractivity contribution in [2.45, 2.75) is 76.7 Å². The fraction of sp³-hybridized carbons (Fsp3) is 0.552. The largest absolute Gasteiger partial charge is 0.349 e. The predicted molar refractivity (Wildman–Crippen MR) is 150 cm³/mol. The molecule has 4 heterocycles. The number of hydrogen-bond acceptors (Lipinski definition) is 7. The fourth-order valence-electron chi connectivity index (χ4n) is 5.79. The molecule has 13 nitrogen and oxygen atoms in total. The zero-order valence-corrected chi connectivity index (χ0v) is 24.0. The minimum atomic E-state index is -0.939. The van der Waals surface area contributed by atoms with E-state index in [1.165, 1.54) is 4.90 Å². The van der Waals surface area contributed by atoms with Crippen LogP contribution in [-0.4, -0.2) is 92.1 Å². The Bertz CT molecular complexity index is 1330. The fourth-order valence-corrected chi connectivity index (χ4v) is 5.79. The summed E-state index contributed by atoms with van der Waals surface area (Å²) in [5.41, 5.74) is 1.37. The molecule has 3 N–H and O–H groups in total. The minimum absolute atomic E-state index is 0.0645. The third-order valence-electron chi connectivity index (χ3n) is 8.19. The molecule has 1 aromatic heterocycles. The molecular weight excluding hydrogens is 540 g/mol. The molecule has 2 fully saturated rings. The summed E-state index contributed by atoms with van der Waals surface area (Å²) in [6.45, 7) is 4.33. The Hall–Kier alpha value is -4.29. The average Bonchev–Trinajstić information content (AvgIpc) is 3.63. The van der Waals surface area contributed by atoms with E-state index in [2.05, 4.69) is 26.3 Å². The van der Waals surface area contributed by atoms with Gasteiger partial charge in [-0.2, -0.15) is 0 Å². The molecule has 2 saturated heterocycles. The first-order valence-corrected chi connectivity index (χ1v) is 14.6. The van der Waals surface area contributed by atoms with Crippen LogP contribution in [-0.2, 0) is 36.9 Å². The summed E-state index contributed by atoms with van der Waals surface area (Å²) in [5, 5.41) is 17.0. The summed E-state index contributed by atoms with van der Waals surface area (Å²) in [6.07, 6.45) is 4.27. The van der Waals surface area contributed by atoms with E-state index in [4.69, 9.17) is 0 Å². The van der Waals surface area contributed by atoms with Gasteiger partial charge in [-0.1, -0.05) is 49.4 Å². The molecule has 4 bridgehead atoms. The van der Waals surface area contributed by atoms with E-state index in [9.17, 15) is 24.0 Å². The van der Waals surface area contributed by atoms with Crippen LogP contribution in [0.5, 0.6) is 0 Å². The van der Waals surface area contributed by atoms with E-state index in [1.54, 1.807) is 15.8 Å². The van der Waals surface area contributed by atoms with E-state index < -0.39 is 29.9 Å². The maximum Gasteiger partial charge on any atom is 0.243 e. The van der Waals surface area contributed by atoms with E-state index in [-0.39, 0.29) is 62.2 Å². The van der Waals surface area contributed by atoms with Gasteiger partial charge in [0.05, 0.1) is 25.3 Å². The van der Waals surface area contributed by atoms with Gasteiger partial charge in [-0.3, -0.25) is 24.0 Å². The normalized spacial score (nSPS) is 25.4. The molecular formula is C29H38N8O5. The van der Waals surface area contributed by atoms with Crippen LogP contribution in [0.15, 0.2) is 36.5 Å². The van der Waals surface area contributed by atoms with Gasteiger partial charge in [-0.05, 0) is 24.3 Å². The first kappa shape index (κ1) is 29.2. The van der Waals surface area contributed by atoms with Crippen molar-refractivity contribution in [1.82, 2.24) is 40.7 Å². The smallest absolute Gasteiger partial charge is 0.243 e. The molecule has 3 aliphatic rings. The first-order chi connectivity index (χ1) is 20.2. The van der Waals surface area contributed by atoms with Crippen LogP contribution in [0, 0.1) is 5.92 Å². The second-order valence-electron chi connectivity index (χ2n) is 11.6. The van der Waals surface area contributed by atoms with E-state index in [0.29, 0.717) is 18.7 Å². The molecule has 2 aromatic rings. The zero-order valence-electron chi connectivity index (χ0n) is 24.0. The van der Waals surface area contributed by atoms with Crippen molar-refractivity contribution in [3.8, 4) is 0 Å². The lowest BCUT2D eigenvalue weighted by molar-refractivity contribution is -0.145. The molecule has 0 saturated carbocycles. The summed E-state index contributed by atoms with van der Waals surface area (Å²) >= 11 is 0. The molecule has 5 rings (SSSR count). The Morgan fingerprint density at radius 2 is 1.81 bits per heavy atom. The number of benzene rings is 1. The molecule has 0 radical (unpaired) electrons. The zero-order chi connectivity index (χ0) is 29.8. The Morgan fingerprint density at radius 1 is 1.02 bits per heavy atom. The van der Waals surface area contributed by atoms with Crippen molar-refractivity contribution < 1.29 is 24.0 Å². The van der Waals surface area contributed by atoms with E-state index in [0.717, 1.165) is 18.4 Å². The maximum atomic E-state index is 13.8. The number of nitrogens with one attached hydrogen (secondary N) is 3. The minimum Gasteiger partial charge on any atom is -0.349 e. The summed E-state index contributed by atoms with van der Waals surface area (Å²) in [5.74, 6) is -2.02. The Balaban J connectivity index is 1.42. The van der Waals surface area contributed by atoms with Crippen molar-refractivity contribution in [1.29, 1.82) is 0 Å². The Morgan fingerprint density at radius 3 is 2.55 bits per heavy atom. The van der Waals surface area contributed by atoms with Crippen molar-refractivity contribution in [3.63, 3.8) is 0 Å². The first-order valence-electron chi connectivity index (χ1n) is 14.6. The van der Waals surface area contributed by atoms with Crippen molar-refractivity contribution in [2.75, 3.05) is 19.6 Å². The number of amides is 5. The quantitative estimate of drug-likeness (QED) is 0.448. The number of carbonyl (C=O) groups is 5. The Labute approximate surface area is 244 Å². The van der Waals surface area contributed by atoms with E-state index in [1.807, 2.05) is 44.2 Å². The van der Waals surface area contributed by atoms with Gasteiger partial charge < -0.3 is 25.8 Å². The van der Waals surface area contributed by atoms with Crippen LogP contribution in [0.3, 0.4) is 0 Å². The van der Waals surface area contributed by atoms with Crippen LogP contribution in [0.25, 0.3) is 0 Å². The van der Waals surface area contributed by atoms with Crippen molar-refractivity contribution in [3.05, 3.63) is 47.8 Å². The molecule has 42 heavy (non-hydrogen) atoms. The second-order valence-corrected chi connectivity index (χ2v) is 11.6. The highest BCUT2D eigenvalue weighted by Crippen LogP contribution is 2.28. The molecule has 0 spiro atoms. The summed E-state index contributed by atoms with van der Waals surface area (Å²) in [4.78, 5) is 69.5. The lowest BCUT2D eigenvalue weighted by Crippen LogP contribution is -2.58. The average molecular weight is 579 g/mol. The van der Waals surface area contributed by atoms with Gasteiger partial charge >= 0.3 is 0 Å². The number of carbonyl (C=O) groups excluding carboxylic acids is 5. The molecule has 1 aromatic carbocycles. The lowest BCUT2D eigenvalue weighted by atomic mass is 10.00. The monoisotopic (exact) mass is 578 g/mol. The molecule has 4 atom stereocenters. The number of piperidine rings is 1. The summed E-state index contributed by atoms with van der Waals surface area (Å²) < 4.78 is 1.62. The third-order valence-corrected chi connectivity index (χ3v) is 8.19. The summed E-state index contributed by atoms with van der Waals surface area (Å²) in [7, 11) is 0. The van der Waals surface area contributed by atoms with Gasteiger partial charge in [-0.15, -0.1) is 5.10 Å². The van der Waals surface area contributed by atoms with Gasteiger partial charge in [0.15, 0.2) is 0 Å². The number of fused-ring (bicyclic) bond motifs is 5. The molecule has 0 unspecified atom stereocenters. The van der Waals surface area contributed by atoms with Gasteiger partial charge in [-0.25, -0.2) is 4.68 Å². The number of rotatable bonds is 5. The SMILES string of the molecule is CC(C)[C@@H]1NC(=O)[C@@H]2C[C@@H](CN2C(=O)CN2CCCCC2=O)n2cc(nn2)CNC(=O)[C@@H](Cc2ccccc2)NC1=O. The second kappa shape index (κ2) is 12.7. The third kappa shape index (κ3) is 6.60. The number of hydrogen-bond donors (Lipinski definition) is 3. The highest BCUT2D eigenvalue weighted by molar-refractivity contribution is 5.95. The van der Waals surface area contributed by atoms with Crippen LogP contribution >= 0.6 is 0 Å². The molecule has 13 heteroatoms. The van der Waals surface area contributed by atoms with Crippen LogP contribution in [0.4, 0.5) is 0 Å². The highest BCUT2D eigenvalue weighted by Gasteiger charge is 2.43. The predicted octanol–water partition coefficient (Wildman–Crippen LogP) is -0.0693. The van der Waals surface area contributed by atoms with Crippen molar-refractivity contribution in [2.24, 2.45) is 5.92 Å². The van der Waals surface area contributed by atoms with Gasteiger partial charge in [0.25, 0.3) is 0 Å². The standard InChI is InChI=1S/C29H38N8O5/c1-18(2)26-29(42)31-22(12-19-8-4-3-5-9-19)27(40)30-14-20-15-37(34-33-20)21-13-23(28(41)32-26)36(16-21)25(39)17-35-11-7-6-10-24(35)38/h3-5,8-9,15,18,21-23,26H,6-7,10-14,16-17H2,1-2H3,(H,30,40)(H,31,42)(H,32,41)/t21-,22+,23-,26-/m0/s1. The van der Waals surface area contributed by atoms with Gasteiger partial charge in [0.2, 0.25) is 29.5 Å². The maximum absolute atomic E-state index is 13.8. The van der Waals surface area contributed by atoms with Gasteiger partial charge in [0, 0.05) is 32.4 Å². The van der Waals surface area contributed by atoms with E-state index >= 15 is 0 Å². The number of aromatic nitrogens is 3. The van der Waals surface area contributed by atoms with Crippen LogP contribution < -0.4 is 16.0 Å². The molecule has 0 aliphatic carbocycles. The van der Waals surface area contributed by atoms with Crippen LogP contribution in [0.2, 0.25) is 0 Å². The topological polar surface area (TPSA) is 159 Å². The van der Waals surface area contributed by atoms with Crippen LogP contribution in [0.1, 0.15) is 56.8 Å². The Kier molecular flexibility index (Phi) is 8.83. The number of likely N-dealkylation sites (tertiary alicyclic amines) is 2. The highest BCUT2D eigenvalue weighted by atomic mass is 16.2. The summed E-state index contributed by atoms with van der Waals surface area (Å²) in [6, 6.07) is 6.30. The lowest BCUT2D eigenvalue weighted by Gasteiger charge is -2.31. The van der Waals surface area contributed by atoms with Crippen molar-refractivity contribution >= 4 is 29.5 Å². The molecule has 5 amide bonds. The number of nitrogens with zero attached hydrogens (tertiary/aromatic N) is 5.